The molecule has 2 aromatic rings. The Balaban J connectivity index is 2.24. The molecule has 1 unspecified atom stereocenters. The lowest BCUT2D eigenvalue weighted by atomic mass is 9.82. The van der Waals surface area contributed by atoms with Crippen LogP contribution in [0, 0.1) is 0 Å². The van der Waals surface area contributed by atoms with Crippen LogP contribution in [-0.4, -0.2) is 30.1 Å². The summed E-state index contributed by atoms with van der Waals surface area (Å²) in [5, 5.41) is 11.7. The first-order chi connectivity index (χ1) is 12.7. The lowest BCUT2D eigenvalue weighted by molar-refractivity contribution is -0.149. The molecular formula is C20H21F2NO4. The summed E-state index contributed by atoms with van der Waals surface area (Å²) >= 11 is 0. The molecule has 0 aromatic heterocycles. The summed E-state index contributed by atoms with van der Waals surface area (Å²) < 4.78 is 34.5. The van der Waals surface area contributed by atoms with Crippen LogP contribution in [0.25, 0.3) is 0 Å². The highest BCUT2D eigenvalue weighted by atomic mass is 19.3. The minimum atomic E-state index is -3.87. The molecule has 0 saturated carbocycles. The molecule has 0 spiro atoms. The van der Waals surface area contributed by atoms with Gasteiger partial charge in [0.1, 0.15) is 11.2 Å². The van der Waals surface area contributed by atoms with Crippen LogP contribution >= 0.6 is 0 Å². The molecule has 2 aromatic carbocycles. The molecule has 2 N–H and O–H groups in total. The van der Waals surface area contributed by atoms with Crippen molar-refractivity contribution in [1.29, 1.82) is 0 Å². The van der Waals surface area contributed by atoms with Gasteiger partial charge in [-0.25, -0.2) is 0 Å². The van der Waals surface area contributed by atoms with Crippen LogP contribution in [-0.2, 0) is 20.9 Å². The summed E-state index contributed by atoms with van der Waals surface area (Å²) in [6.45, 7) is 2.70. The lowest BCUT2D eigenvalue weighted by Gasteiger charge is -2.27. The Bertz CT molecular complexity index is 811. The maximum absolute atomic E-state index is 14.7. The van der Waals surface area contributed by atoms with E-state index in [1.165, 1.54) is 25.1 Å². The number of halogens is 2. The number of nitrogens with one attached hydrogen (secondary N) is 1. The quantitative estimate of drug-likeness (QED) is 0.740. The van der Waals surface area contributed by atoms with Crippen LogP contribution in [0.5, 0.6) is 5.75 Å². The third kappa shape index (κ3) is 4.24. The smallest absolute Gasteiger partial charge is 0.353 e. The Hall–Kier alpha value is -2.96. The van der Waals surface area contributed by atoms with Crippen LogP contribution in [0.3, 0.4) is 0 Å². The van der Waals surface area contributed by atoms with Crippen LogP contribution in [0.4, 0.5) is 8.78 Å². The third-order valence-electron chi connectivity index (χ3n) is 4.30. The van der Waals surface area contributed by atoms with E-state index in [9.17, 15) is 23.5 Å². The lowest BCUT2D eigenvalue weighted by Crippen LogP contribution is -2.48. The maximum atomic E-state index is 14.7. The largest absolute Gasteiger partial charge is 0.493 e. The second-order valence-corrected chi connectivity index (χ2v) is 6.19. The number of hydrogen-bond acceptors (Lipinski definition) is 3. The van der Waals surface area contributed by atoms with Gasteiger partial charge in [0.05, 0.1) is 12.2 Å². The zero-order chi connectivity index (χ0) is 20.1. The van der Waals surface area contributed by atoms with Gasteiger partial charge in [-0.2, -0.15) is 8.78 Å². The number of carbonyl (C=O) groups excluding carboxylic acids is 1. The summed E-state index contributed by atoms with van der Waals surface area (Å²) in [5.74, 6) is -6.78. The Kier molecular flexibility index (Phi) is 6.15. The maximum Gasteiger partial charge on any atom is 0.353 e. The Morgan fingerprint density at radius 2 is 1.67 bits per heavy atom. The van der Waals surface area contributed by atoms with Crippen molar-refractivity contribution < 1.29 is 28.2 Å². The highest BCUT2D eigenvalue weighted by Gasteiger charge is 2.45. The minimum Gasteiger partial charge on any atom is -0.493 e. The molecular weight excluding hydrogens is 356 g/mol. The molecule has 0 radical (unpaired) electrons. The van der Waals surface area contributed by atoms with E-state index in [2.05, 4.69) is 5.32 Å². The average molecular weight is 377 g/mol. The van der Waals surface area contributed by atoms with Crippen molar-refractivity contribution in [2.24, 2.45) is 0 Å². The van der Waals surface area contributed by atoms with Gasteiger partial charge in [0, 0.05) is 6.54 Å². The van der Waals surface area contributed by atoms with Crippen LogP contribution in [0.2, 0.25) is 0 Å². The molecule has 0 saturated heterocycles. The average Bonchev–Trinajstić information content (AvgIpc) is 2.66. The van der Waals surface area contributed by atoms with E-state index < -0.39 is 35.3 Å². The van der Waals surface area contributed by atoms with Crippen molar-refractivity contribution in [3.63, 3.8) is 0 Å². The third-order valence-corrected chi connectivity index (χ3v) is 4.30. The van der Waals surface area contributed by atoms with Gasteiger partial charge in [0.15, 0.2) is 0 Å². The zero-order valence-electron chi connectivity index (χ0n) is 15.0. The Morgan fingerprint density at radius 3 is 2.26 bits per heavy atom. The highest BCUT2D eigenvalue weighted by molar-refractivity contribution is 5.87. The fourth-order valence-corrected chi connectivity index (χ4v) is 2.60. The summed E-state index contributed by atoms with van der Waals surface area (Å²) in [6.07, 6.45) is 0. The number of carboxylic acid groups (broad SMARTS) is 1. The molecule has 0 heterocycles. The van der Waals surface area contributed by atoms with E-state index in [-0.39, 0.29) is 12.4 Å². The van der Waals surface area contributed by atoms with Crippen LogP contribution in [0.15, 0.2) is 54.6 Å². The van der Waals surface area contributed by atoms with Crippen molar-refractivity contribution in [2.45, 2.75) is 25.2 Å². The van der Waals surface area contributed by atoms with Gasteiger partial charge in [-0.3, -0.25) is 9.59 Å². The van der Waals surface area contributed by atoms with E-state index >= 15 is 0 Å². The highest BCUT2D eigenvalue weighted by Crippen LogP contribution is 2.35. The number of benzene rings is 2. The van der Waals surface area contributed by atoms with Crippen LogP contribution in [0.1, 0.15) is 25.0 Å². The van der Waals surface area contributed by atoms with Gasteiger partial charge in [0.2, 0.25) is 0 Å². The molecule has 0 aliphatic carbocycles. The van der Waals surface area contributed by atoms with Crippen molar-refractivity contribution in [3.8, 4) is 5.75 Å². The van der Waals surface area contributed by atoms with E-state index in [1.54, 1.807) is 37.3 Å². The predicted molar refractivity (Wildman–Crippen MR) is 95.9 cm³/mol. The normalized spacial score (nSPS) is 13.5. The Labute approximate surface area is 156 Å². The van der Waals surface area contributed by atoms with Gasteiger partial charge in [-0.05, 0) is 31.5 Å². The summed E-state index contributed by atoms with van der Waals surface area (Å²) in [4.78, 5) is 23.9. The van der Waals surface area contributed by atoms with E-state index in [0.717, 1.165) is 6.07 Å². The molecule has 1 atom stereocenters. The van der Waals surface area contributed by atoms with Gasteiger partial charge in [-0.15, -0.1) is 0 Å². The number of ether oxygens (including phenoxy) is 1. The topological polar surface area (TPSA) is 75.6 Å². The van der Waals surface area contributed by atoms with Crippen molar-refractivity contribution in [2.75, 3.05) is 13.2 Å². The molecule has 0 aliphatic rings. The first kappa shape index (κ1) is 20.4. The molecule has 0 bridgehead atoms. The molecule has 0 fully saturated rings. The number of carboxylic acids is 1. The number of carbonyl (C=O) groups is 2. The van der Waals surface area contributed by atoms with Crippen molar-refractivity contribution in [1.82, 2.24) is 5.32 Å². The zero-order valence-corrected chi connectivity index (χ0v) is 15.0. The molecule has 144 valence electrons. The predicted octanol–water partition coefficient (Wildman–Crippen LogP) is 3.34. The second-order valence-electron chi connectivity index (χ2n) is 6.19. The molecule has 2 rings (SSSR count). The van der Waals surface area contributed by atoms with E-state index in [1.807, 2.05) is 0 Å². The summed E-state index contributed by atoms with van der Waals surface area (Å²) in [7, 11) is 0. The van der Waals surface area contributed by atoms with Gasteiger partial charge in [-0.1, -0.05) is 42.5 Å². The van der Waals surface area contributed by atoms with Crippen molar-refractivity contribution >= 4 is 11.9 Å². The van der Waals surface area contributed by atoms with Gasteiger partial charge < -0.3 is 15.2 Å². The summed E-state index contributed by atoms with van der Waals surface area (Å²) in [6, 6.07) is 13.5. The number of aliphatic carboxylic acids is 1. The number of hydrogen-bond donors (Lipinski definition) is 2. The molecule has 5 nitrogen and oxygen atoms in total. The van der Waals surface area contributed by atoms with Crippen LogP contribution < -0.4 is 10.1 Å². The molecule has 27 heavy (non-hydrogen) atoms. The van der Waals surface area contributed by atoms with Gasteiger partial charge >= 0.3 is 11.9 Å². The van der Waals surface area contributed by atoms with Gasteiger partial charge in [0.25, 0.3) is 5.91 Å². The first-order valence-corrected chi connectivity index (χ1v) is 8.40. The first-order valence-electron chi connectivity index (χ1n) is 8.40. The van der Waals surface area contributed by atoms with Crippen molar-refractivity contribution in [3.05, 3.63) is 65.7 Å². The fraction of sp³-hybridized carbons (Fsp3) is 0.300. The molecule has 0 aliphatic heterocycles. The summed E-state index contributed by atoms with van der Waals surface area (Å²) in [5.41, 5.74) is -1.72. The van der Waals surface area contributed by atoms with E-state index in [4.69, 9.17) is 4.74 Å². The second kappa shape index (κ2) is 8.16. The number of rotatable bonds is 8. The number of para-hydroxylation sites is 1. The number of amides is 1. The fourth-order valence-electron chi connectivity index (χ4n) is 2.60. The molecule has 7 heteroatoms. The monoisotopic (exact) mass is 377 g/mol. The molecule has 1 amide bonds. The number of alkyl halides is 2. The van der Waals surface area contributed by atoms with E-state index in [0.29, 0.717) is 5.56 Å². The Morgan fingerprint density at radius 1 is 1.07 bits per heavy atom. The standard InChI is InChI=1S/C20H21F2NO4/c1-3-27-16-12-8-7-11-15(16)20(21,22)17(24)23-13-19(2,18(25)26)14-9-5-4-6-10-14/h4-12H,3,13H2,1-2H3,(H,23,24)(H,25,26). The minimum absolute atomic E-state index is 0.0933. The SMILES string of the molecule is CCOc1ccccc1C(F)(F)C(=O)NCC(C)(C(=O)O)c1ccccc1.